The second kappa shape index (κ2) is 22.8. The molecule has 2 saturated heterocycles. The van der Waals surface area contributed by atoms with Gasteiger partial charge < -0.3 is 28.6 Å². The number of nitrogens with zero attached hydrogens (tertiary/aromatic N) is 2. The number of amides is 2. The van der Waals surface area contributed by atoms with Crippen molar-refractivity contribution in [2.75, 3.05) is 13.7 Å². The highest BCUT2D eigenvalue weighted by Crippen LogP contribution is 2.38. The molecule has 13 heteroatoms. The van der Waals surface area contributed by atoms with Gasteiger partial charge in [-0.3, -0.25) is 33.7 Å². The molecular weight excluding hydrogens is 684 g/mol. The van der Waals surface area contributed by atoms with Crippen molar-refractivity contribution in [1.82, 2.24) is 9.80 Å². The van der Waals surface area contributed by atoms with Crippen molar-refractivity contribution >= 4 is 35.7 Å². The Balaban J connectivity index is 2.15. The lowest BCUT2D eigenvalue weighted by Gasteiger charge is -2.49. The van der Waals surface area contributed by atoms with Crippen LogP contribution in [0.3, 0.4) is 0 Å². The quantitative estimate of drug-likeness (QED) is 0.0516. The second-order valence-corrected chi connectivity index (χ2v) is 13.8. The molecule has 0 N–H and O–H groups in total. The van der Waals surface area contributed by atoms with Gasteiger partial charge in [-0.2, -0.15) is 0 Å². The summed E-state index contributed by atoms with van der Waals surface area (Å²) < 4.78 is 29.3. The lowest BCUT2D eigenvalue weighted by Crippen LogP contribution is -2.71. The summed E-state index contributed by atoms with van der Waals surface area (Å²) in [5.74, 6) is -3.59. The number of hydrogen-bond donors (Lipinski definition) is 0. The van der Waals surface area contributed by atoms with Crippen LogP contribution in [0, 0.1) is 0 Å². The molecule has 0 spiro atoms. The van der Waals surface area contributed by atoms with E-state index in [-0.39, 0.29) is 32.2 Å². The average Bonchev–Trinajstić information content (AvgIpc) is 3.38. The van der Waals surface area contributed by atoms with E-state index in [1.807, 2.05) is 27.7 Å². The van der Waals surface area contributed by atoms with Gasteiger partial charge >= 0.3 is 35.7 Å². The summed E-state index contributed by atoms with van der Waals surface area (Å²) >= 11 is 0. The molecule has 0 saturated carbocycles. The maximum absolute atomic E-state index is 14.1. The molecule has 2 aliphatic heterocycles. The van der Waals surface area contributed by atoms with E-state index in [0.717, 1.165) is 51.4 Å². The zero-order valence-corrected chi connectivity index (χ0v) is 32.3. The first-order chi connectivity index (χ1) is 25.6. The number of rotatable bonds is 24. The van der Waals surface area contributed by atoms with E-state index < -0.39 is 72.8 Å². The lowest BCUT2D eigenvalue weighted by molar-refractivity contribution is -0.227. The standard InChI is InChI=1S/C40H60N2O11/c1-6-10-14-18-31(43)50-27-30-35(51-32(44)19-15-11-7-2)36(52-33(45)20-16-12-8-3)37(53-34(46)21-17-13-9-4)38-41(39(47)40(48)42(30)38)26-28-22-24-29(49-5)25-23-28/h22-25,30,35-38H,6-21,26-27H2,1-5H3/t30-,35-,36+,37+,38+/m1/s1. The molecular formula is C40H60N2O11. The summed E-state index contributed by atoms with van der Waals surface area (Å²) in [7, 11) is 1.53. The number of ether oxygens (including phenoxy) is 5. The van der Waals surface area contributed by atoms with Gasteiger partial charge in [0.05, 0.1) is 7.11 Å². The Kier molecular flexibility index (Phi) is 18.6. The van der Waals surface area contributed by atoms with Gasteiger partial charge in [-0.25, -0.2) is 0 Å². The molecule has 2 heterocycles. The zero-order chi connectivity index (χ0) is 38.8. The molecule has 0 radical (unpaired) electrons. The predicted octanol–water partition coefficient (Wildman–Crippen LogP) is 6.17. The van der Waals surface area contributed by atoms with Crippen LogP contribution < -0.4 is 4.74 Å². The Morgan fingerprint density at radius 1 is 0.585 bits per heavy atom. The van der Waals surface area contributed by atoms with Gasteiger partial charge in [-0.15, -0.1) is 0 Å². The zero-order valence-electron chi connectivity index (χ0n) is 32.3. The molecule has 5 atom stereocenters. The third-order valence-corrected chi connectivity index (χ3v) is 9.63. The Morgan fingerprint density at radius 2 is 1.04 bits per heavy atom. The fourth-order valence-electron chi connectivity index (χ4n) is 6.68. The third kappa shape index (κ3) is 12.7. The first-order valence-electron chi connectivity index (χ1n) is 19.6. The summed E-state index contributed by atoms with van der Waals surface area (Å²) in [6.45, 7) is 7.51. The van der Waals surface area contributed by atoms with Crippen molar-refractivity contribution in [2.45, 2.75) is 167 Å². The number of hydrogen-bond acceptors (Lipinski definition) is 11. The van der Waals surface area contributed by atoms with E-state index in [9.17, 15) is 28.8 Å². The van der Waals surface area contributed by atoms with E-state index in [1.165, 1.54) is 16.9 Å². The fraction of sp³-hybridized carbons (Fsp3) is 0.700. The largest absolute Gasteiger partial charge is 0.497 e. The molecule has 2 amide bonds. The van der Waals surface area contributed by atoms with Gasteiger partial charge in [0.25, 0.3) is 0 Å². The van der Waals surface area contributed by atoms with Crippen LogP contribution in [-0.4, -0.2) is 89.7 Å². The maximum atomic E-state index is 14.1. The van der Waals surface area contributed by atoms with Crippen LogP contribution in [0.25, 0.3) is 0 Å². The van der Waals surface area contributed by atoms with Crippen molar-refractivity contribution in [2.24, 2.45) is 0 Å². The van der Waals surface area contributed by atoms with E-state index in [2.05, 4.69) is 0 Å². The molecule has 0 aromatic heterocycles. The van der Waals surface area contributed by atoms with Gasteiger partial charge in [0.15, 0.2) is 18.3 Å². The minimum atomic E-state index is -1.42. The van der Waals surface area contributed by atoms with Crippen LogP contribution >= 0.6 is 0 Å². The van der Waals surface area contributed by atoms with E-state index in [4.69, 9.17) is 23.7 Å². The summed E-state index contributed by atoms with van der Waals surface area (Å²) in [6, 6.07) is 5.70. The average molecular weight is 745 g/mol. The number of piperidine rings is 1. The summed E-state index contributed by atoms with van der Waals surface area (Å²) in [5.41, 5.74) is 0.651. The van der Waals surface area contributed by atoms with Gasteiger partial charge in [0, 0.05) is 32.2 Å². The van der Waals surface area contributed by atoms with Crippen LogP contribution in [0.15, 0.2) is 24.3 Å². The first-order valence-corrected chi connectivity index (χ1v) is 19.6. The van der Waals surface area contributed by atoms with Crippen molar-refractivity contribution in [1.29, 1.82) is 0 Å². The molecule has 2 aliphatic rings. The fourth-order valence-corrected chi connectivity index (χ4v) is 6.68. The normalized spacial score (nSPS) is 20.9. The third-order valence-electron chi connectivity index (χ3n) is 9.63. The topological polar surface area (TPSA) is 155 Å². The predicted molar refractivity (Wildman–Crippen MR) is 195 cm³/mol. The van der Waals surface area contributed by atoms with Crippen LogP contribution in [0.4, 0.5) is 0 Å². The highest BCUT2D eigenvalue weighted by molar-refractivity contribution is 6.37. The Morgan fingerprint density at radius 3 is 1.51 bits per heavy atom. The number of unbranched alkanes of at least 4 members (excludes halogenated alkanes) is 8. The van der Waals surface area contributed by atoms with E-state index in [0.29, 0.717) is 37.0 Å². The second-order valence-electron chi connectivity index (χ2n) is 13.8. The van der Waals surface area contributed by atoms with E-state index >= 15 is 0 Å². The molecule has 53 heavy (non-hydrogen) atoms. The minimum absolute atomic E-state index is 0.0480. The van der Waals surface area contributed by atoms with Crippen molar-refractivity contribution in [3.63, 3.8) is 0 Å². The highest BCUT2D eigenvalue weighted by Gasteiger charge is 2.63. The SMILES string of the molecule is CCCCCC(=O)OC[C@@H]1[C@@H](OC(=O)CCCCC)[C@H](OC(=O)CCCCC)[C@H](OC(=O)CCCCC)[C@H]2N(Cc3ccc(OC)cc3)C(=O)C(=O)N12. The van der Waals surface area contributed by atoms with Crippen LogP contribution in [-0.2, 0) is 54.3 Å². The first kappa shape index (κ1) is 43.2. The minimum Gasteiger partial charge on any atom is -0.497 e. The summed E-state index contributed by atoms with van der Waals surface area (Å²) in [5, 5.41) is 0. The molecule has 0 aliphatic carbocycles. The Labute approximate surface area is 314 Å². The monoisotopic (exact) mass is 744 g/mol. The van der Waals surface area contributed by atoms with Crippen LogP contribution in [0.1, 0.15) is 136 Å². The highest BCUT2D eigenvalue weighted by atomic mass is 16.6. The number of benzene rings is 1. The van der Waals surface area contributed by atoms with Gasteiger partial charge in [-0.1, -0.05) is 91.2 Å². The van der Waals surface area contributed by atoms with Gasteiger partial charge in [-0.05, 0) is 43.4 Å². The van der Waals surface area contributed by atoms with Crippen molar-refractivity contribution in [3.05, 3.63) is 29.8 Å². The molecule has 3 rings (SSSR count). The van der Waals surface area contributed by atoms with E-state index in [1.54, 1.807) is 24.3 Å². The van der Waals surface area contributed by atoms with Crippen molar-refractivity contribution < 1.29 is 52.5 Å². The number of carbonyl (C=O) groups is 6. The molecule has 1 aromatic rings. The smallest absolute Gasteiger partial charge is 0.314 e. The lowest BCUT2D eigenvalue weighted by atomic mass is 9.90. The number of esters is 4. The number of carbonyl (C=O) groups excluding carboxylic acids is 6. The van der Waals surface area contributed by atoms with Crippen LogP contribution in [0.2, 0.25) is 0 Å². The number of methoxy groups -OCH3 is 1. The molecule has 2 fully saturated rings. The number of fused-ring (bicyclic) bond motifs is 1. The molecule has 296 valence electrons. The molecule has 0 bridgehead atoms. The van der Waals surface area contributed by atoms with Crippen LogP contribution in [0.5, 0.6) is 5.75 Å². The maximum Gasteiger partial charge on any atom is 0.314 e. The molecule has 13 nitrogen and oxygen atoms in total. The van der Waals surface area contributed by atoms with Gasteiger partial charge in [0.2, 0.25) is 0 Å². The summed E-state index contributed by atoms with van der Waals surface area (Å²) in [4.78, 5) is 83.8. The molecule has 0 unspecified atom stereocenters. The summed E-state index contributed by atoms with van der Waals surface area (Å²) in [6.07, 6.45) is 3.60. The van der Waals surface area contributed by atoms with Crippen molar-refractivity contribution in [3.8, 4) is 5.75 Å². The Bertz CT molecular complexity index is 1350. The van der Waals surface area contributed by atoms with Gasteiger partial charge in [0.1, 0.15) is 24.6 Å². The Hall–Kier alpha value is -4.16. The molecule has 1 aromatic carbocycles.